The smallest absolute Gasteiger partial charge is 0.124 e. The Morgan fingerprint density at radius 2 is 1.63 bits per heavy atom. The molecule has 0 radical (unpaired) electrons. The van der Waals surface area contributed by atoms with Crippen LogP contribution < -0.4 is 9.47 Å². The lowest BCUT2D eigenvalue weighted by Crippen LogP contribution is -2.26. The normalized spacial score (nSPS) is 12.6. The van der Waals surface area contributed by atoms with Crippen LogP contribution in [-0.4, -0.2) is 27.5 Å². The van der Waals surface area contributed by atoms with Gasteiger partial charge in [-0.2, -0.15) is 0 Å². The first-order valence-electron chi connectivity index (χ1n) is 10.9. The van der Waals surface area contributed by atoms with E-state index >= 15 is 0 Å². The predicted molar refractivity (Wildman–Crippen MR) is 119 cm³/mol. The first-order chi connectivity index (χ1) is 14.5. The number of benzene rings is 2. The van der Waals surface area contributed by atoms with E-state index in [9.17, 15) is 15.3 Å². The van der Waals surface area contributed by atoms with Gasteiger partial charge in [-0.05, 0) is 73.1 Å². The van der Waals surface area contributed by atoms with E-state index in [0.29, 0.717) is 23.5 Å². The third-order valence-electron chi connectivity index (χ3n) is 5.77. The third kappa shape index (κ3) is 6.73. The number of aliphatic hydroxyl groups is 3. The molecule has 5 heteroatoms. The summed E-state index contributed by atoms with van der Waals surface area (Å²) >= 11 is 0. The molecule has 2 aromatic carbocycles. The van der Waals surface area contributed by atoms with Gasteiger partial charge in [0.15, 0.2) is 0 Å². The van der Waals surface area contributed by atoms with Gasteiger partial charge >= 0.3 is 0 Å². The van der Waals surface area contributed by atoms with Crippen molar-refractivity contribution in [3.63, 3.8) is 0 Å². The van der Waals surface area contributed by atoms with Gasteiger partial charge in [-0.1, -0.05) is 39.0 Å². The second kappa shape index (κ2) is 11.9. The standard InChI is InChI=1S/C25H36O5/c1-4-24(30-23-12-11-20(17-26)21(16-23)18-27)19-9-7-10-22(15-19)29-14-8-13-25(28,5-2)6-3/h7,9-12,15-16,24,26-28H,4-6,8,13-14,17-18H2,1-3H3. The summed E-state index contributed by atoms with van der Waals surface area (Å²) in [4.78, 5) is 0. The van der Waals surface area contributed by atoms with Gasteiger partial charge in [0.25, 0.3) is 0 Å². The number of hydrogen-bond donors (Lipinski definition) is 3. The molecule has 0 saturated heterocycles. The van der Waals surface area contributed by atoms with Crippen molar-refractivity contribution in [1.82, 2.24) is 0 Å². The SMILES string of the molecule is CCC(Oc1ccc(CO)c(CO)c1)c1cccc(OCCCC(O)(CC)CC)c1. The van der Waals surface area contributed by atoms with E-state index in [1.54, 1.807) is 12.1 Å². The molecule has 0 amide bonds. The fourth-order valence-corrected chi connectivity index (χ4v) is 3.53. The third-order valence-corrected chi connectivity index (χ3v) is 5.77. The molecule has 0 heterocycles. The summed E-state index contributed by atoms with van der Waals surface area (Å²) in [6, 6.07) is 13.3. The van der Waals surface area contributed by atoms with Gasteiger partial charge in [0.2, 0.25) is 0 Å². The van der Waals surface area contributed by atoms with Crippen LogP contribution in [0.1, 0.15) is 75.7 Å². The molecule has 0 saturated carbocycles. The molecule has 5 nitrogen and oxygen atoms in total. The molecule has 0 fully saturated rings. The van der Waals surface area contributed by atoms with Gasteiger partial charge in [0, 0.05) is 0 Å². The first kappa shape index (κ1) is 24.2. The molecule has 30 heavy (non-hydrogen) atoms. The molecule has 2 aromatic rings. The Morgan fingerprint density at radius 3 is 2.27 bits per heavy atom. The van der Waals surface area contributed by atoms with Crippen LogP contribution in [0.3, 0.4) is 0 Å². The zero-order chi connectivity index (χ0) is 22.0. The van der Waals surface area contributed by atoms with Crippen LogP contribution in [0, 0.1) is 0 Å². The molecule has 0 bridgehead atoms. The van der Waals surface area contributed by atoms with Gasteiger partial charge < -0.3 is 24.8 Å². The molecule has 1 unspecified atom stereocenters. The highest BCUT2D eigenvalue weighted by molar-refractivity contribution is 5.36. The van der Waals surface area contributed by atoms with Crippen LogP contribution in [0.4, 0.5) is 0 Å². The van der Waals surface area contributed by atoms with Crippen molar-refractivity contribution in [2.75, 3.05) is 6.61 Å². The van der Waals surface area contributed by atoms with Crippen molar-refractivity contribution in [3.05, 3.63) is 59.2 Å². The summed E-state index contributed by atoms with van der Waals surface area (Å²) in [6.07, 6.45) is 3.68. The van der Waals surface area contributed by atoms with Crippen LogP contribution in [0.15, 0.2) is 42.5 Å². The monoisotopic (exact) mass is 416 g/mol. The molecule has 2 rings (SSSR count). The lowest BCUT2D eigenvalue weighted by molar-refractivity contribution is 0.0185. The molecule has 0 aromatic heterocycles. The van der Waals surface area contributed by atoms with Crippen LogP contribution in [0.5, 0.6) is 11.5 Å². The maximum absolute atomic E-state index is 10.4. The van der Waals surface area contributed by atoms with E-state index in [1.807, 2.05) is 44.2 Å². The summed E-state index contributed by atoms with van der Waals surface area (Å²) in [6.45, 7) is 6.40. The number of ether oxygens (including phenoxy) is 2. The fraction of sp³-hybridized carbons (Fsp3) is 0.520. The Labute approximate surface area is 180 Å². The predicted octanol–water partition coefficient (Wildman–Crippen LogP) is 4.91. The minimum atomic E-state index is -0.592. The van der Waals surface area contributed by atoms with Crippen molar-refractivity contribution in [1.29, 1.82) is 0 Å². The highest BCUT2D eigenvalue weighted by atomic mass is 16.5. The van der Waals surface area contributed by atoms with E-state index in [2.05, 4.69) is 6.92 Å². The van der Waals surface area contributed by atoms with Crippen molar-refractivity contribution < 1.29 is 24.8 Å². The summed E-state index contributed by atoms with van der Waals surface area (Å²) in [5.41, 5.74) is 1.79. The average Bonchev–Trinajstić information content (AvgIpc) is 2.80. The van der Waals surface area contributed by atoms with E-state index in [1.165, 1.54) is 0 Å². The minimum Gasteiger partial charge on any atom is -0.494 e. The molecule has 0 aliphatic carbocycles. The van der Waals surface area contributed by atoms with Crippen LogP contribution in [0.2, 0.25) is 0 Å². The molecular weight excluding hydrogens is 380 g/mol. The number of rotatable bonds is 13. The Bertz CT molecular complexity index is 770. The summed E-state index contributed by atoms with van der Waals surface area (Å²) in [7, 11) is 0. The van der Waals surface area contributed by atoms with Crippen molar-refractivity contribution >= 4 is 0 Å². The summed E-state index contributed by atoms with van der Waals surface area (Å²) < 4.78 is 12.1. The fourth-order valence-electron chi connectivity index (χ4n) is 3.53. The summed E-state index contributed by atoms with van der Waals surface area (Å²) in [5, 5.41) is 29.2. The quantitative estimate of drug-likeness (QED) is 0.404. The van der Waals surface area contributed by atoms with Crippen LogP contribution in [-0.2, 0) is 13.2 Å². The molecule has 0 spiro atoms. The zero-order valence-electron chi connectivity index (χ0n) is 18.4. The Morgan fingerprint density at radius 1 is 0.900 bits per heavy atom. The second-order valence-electron chi connectivity index (χ2n) is 7.72. The van der Waals surface area contributed by atoms with Gasteiger partial charge in [0.05, 0.1) is 25.4 Å². The molecular formula is C25H36O5. The van der Waals surface area contributed by atoms with Gasteiger partial charge in [-0.15, -0.1) is 0 Å². The van der Waals surface area contributed by atoms with Crippen molar-refractivity contribution in [2.24, 2.45) is 0 Å². The lowest BCUT2D eigenvalue weighted by atomic mass is 9.92. The molecule has 0 aliphatic heterocycles. The Kier molecular flexibility index (Phi) is 9.63. The number of aliphatic hydroxyl groups excluding tert-OH is 2. The Hall–Kier alpha value is -2.08. The molecule has 166 valence electrons. The van der Waals surface area contributed by atoms with Gasteiger partial charge in [-0.3, -0.25) is 0 Å². The molecule has 3 N–H and O–H groups in total. The van der Waals surface area contributed by atoms with Crippen LogP contribution in [0.25, 0.3) is 0 Å². The van der Waals surface area contributed by atoms with Crippen molar-refractivity contribution in [2.45, 2.75) is 77.8 Å². The highest BCUT2D eigenvalue weighted by Crippen LogP contribution is 2.29. The lowest BCUT2D eigenvalue weighted by Gasteiger charge is -2.25. The topological polar surface area (TPSA) is 79.2 Å². The van der Waals surface area contributed by atoms with E-state index < -0.39 is 5.60 Å². The van der Waals surface area contributed by atoms with Gasteiger partial charge in [-0.25, -0.2) is 0 Å². The summed E-state index contributed by atoms with van der Waals surface area (Å²) in [5.74, 6) is 1.45. The van der Waals surface area contributed by atoms with Gasteiger partial charge in [0.1, 0.15) is 17.6 Å². The zero-order valence-corrected chi connectivity index (χ0v) is 18.4. The molecule has 1 atom stereocenters. The maximum Gasteiger partial charge on any atom is 0.124 e. The van der Waals surface area contributed by atoms with Crippen LogP contribution >= 0.6 is 0 Å². The van der Waals surface area contributed by atoms with E-state index in [-0.39, 0.29) is 19.3 Å². The van der Waals surface area contributed by atoms with E-state index in [0.717, 1.165) is 43.4 Å². The number of hydrogen-bond acceptors (Lipinski definition) is 5. The van der Waals surface area contributed by atoms with Crippen molar-refractivity contribution in [3.8, 4) is 11.5 Å². The maximum atomic E-state index is 10.4. The first-order valence-corrected chi connectivity index (χ1v) is 10.9. The molecule has 0 aliphatic rings. The van der Waals surface area contributed by atoms with E-state index in [4.69, 9.17) is 9.47 Å². The minimum absolute atomic E-state index is 0.110. The highest BCUT2D eigenvalue weighted by Gasteiger charge is 2.21. The average molecular weight is 417 g/mol. The second-order valence-corrected chi connectivity index (χ2v) is 7.72. The Balaban J connectivity index is 2.00. The largest absolute Gasteiger partial charge is 0.494 e.